The molecule has 0 saturated heterocycles. The highest BCUT2D eigenvalue weighted by Crippen LogP contribution is 2.01. The zero-order valence-corrected chi connectivity index (χ0v) is 6.35. The molecule has 0 unspecified atom stereocenters. The van der Waals surface area contributed by atoms with Crippen molar-refractivity contribution in [3.8, 4) is 0 Å². The lowest BCUT2D eigenvalue weighted by atomic mass is 10.5. The molecule has 4 nitrogen and oxygen atoms in total. The van der Waals surface area contributed by atoms with Crippen LogP contribution < -0.4 is 11.1 Å². The first kappa shape index (κ1) is 8.97. The van der Waals surface area contributed by atoms with E-state index in [1.807, 2.05) is 0 Å². The van der Waals surface area contributed by atoms with E-state index < -0.39 is 0 Å². The van der Waals surface area contributed by atoms with Crippen LogP contribution in [0.2, 0.25) is 0 Å². The van der Waals surface area contributed by atoms with Crippen LogP contribution in [0.5, 0.6) is 0 Å². The third kappa shape index (κ3) is 2.06. The maximum absolute atomic E-state index is 5.34. The highest BCUT2D eigenvalue weighted by molar-refractivity contribution is 5.85. The quantitative estimate of drug-likeness (QED) is 0.629. The number of anilines is 2. The molecule has 0 amide bonds. The van der Waals surface area contributed by atoms with E-state index in [-0.39, 0.29) is 12.4 Å². The summed E-state index contributed by atoms with van der Waals surface area (Å²) in [4.78, 5) is 7.57. The summed E-state index contributed by atoms with van der Waals surface area (Å²) in [6.45, 7) is 0. The Morgan fingerprint density at radius 2 is 2.20 bits per heavy atom. The summed E-state index contributed by atoms with van der Waals surface area (Å²) in [5.41, 5.74) is 5.34. The van der Waals surface area contributed by atoms with Crippen LogP contribution in [0.4, 0.5) is 11.6 Å². The second-order valence-corrected chi connectivity index (χ2v) is 1.58. The minimum Gasteiger partial charge on any atom is -0.384 e. The van der Waals surface area contributed by atoms with Gasteiger partial charge in [-0.1, -0.05) is 0 Å². The minimum absolute atomic E-state index is 0. The van der Waals surface area contributed by atoms with Gasteiger partial charge in [-0.3, -0.25) is 0 Å². The van der Waals surface area contributed by atoms with Crippen molar-refractivity contribution in [3.05, 3.63) is 12.4 Å². The second kappa shape index (κ2) is 3.90. The lowest BCUT2D eigenvalue weighted by molar-refractivity contribution is 1.17. The van der Waals surface area contributed by atoms with Gasteiger partial charge >= 0.3 is 0 Å². The van der Waals surface area contributed by atoms with Crippen LogP contribution >= 0.6 is 12.4 Å². The predicted molar refractivity (Wildman–Crippen MR) is 43.2 cm³/mol. The number of hydrogen-bond donors (Lipinski definition) is 2. The number of halogens is 1. The van der Waals surface area contributed by atoms with E-state index in [1.165, 1.54) is 6.33 Å². The van der Waals surface area contributed by atoms with Crippen LogP contribution in [-0.2, 0) is 0 Å². The van der Waals surface area contributed by atoms with Crippen molar-refractivity contribution in [3.63, 3.8) is 0 Å². The van der Waals surface area contributed by atoms with Crippen LogP contribution in [-0.4, -0.2) is 17.0 Å². The number of rotatable bonds is 1. The van der Waals surface area contributed by atoms with Gasteiger partial charge in [0.25, 0.3) is 0 Å². The normalized spacial score (nSPS) is 8.10. The zero-order valence-electron chi connectivity index (χ0n) is 5.53. The molecule has 1 heterocycles. The molecule has 0 bridgehead atoms. The average Bonchev–Trinajstić information content (AvgIpc) is 1.88. The molecule has 0 spiro atoms. The average molecular weight is 161 g/mol. The monoisotopic (exact) mass is 160 g/mol. The zero-order chi connectivity index (χ0) is 6.69. The molecule has 5 heteroatoms. The molecular formula is C5H9ClN4. The van der Waals surface area contributed by atoms with E-state index in [2.05, 4.69) is 15.3 Å². The highest BCUT2D eigenvalue weighted by Gasteiger charge is 1.88. The predicted octanol–water partition coefficient (Wildman–Crippen LogP) is 0.522. The molecule has 0 radical (unpaired) electrons. The summed E-state index contributed by atoms with van der Waals surface area (Å²) in [6.07, 6.45) is 1.42. The lowest BCUT2D eigenvalue weighted by Gasteiger charge is -1.96. The molecule has 10 heavy (non-hydrogen) atoms. The van der Waals surface area contributed by atoms with Gasteiger partial charge in [-0.25, -0.2) is 9.97 Å². The van der Waals surface area contributed by atoms with Crippen molar-refractivity contribution in [1.29, 1.82) is 0 Å². The third-order valence-electron chi connectivity index (χ3n) is 0.944. The van der Waals surface area contributed by atoms with Crippen molar-refractivity contribution in [2.24, 2.45) is 0 Å². The fourth-order valence-corrected chi connectivity index (χ4v) is 0.509. The largest absolute Gasteiger partial charge is 0.384 e. The molecule has 0 aliphatic carbocycles. The van der Waals surface area contributed by atoms with E-state index in [9.17, 15) is 0 Å². The summed E-state index contributed by atoms with van der Waals surface area (Å²) in [5.74, 6) is 1.22. The molecule has 1 rings (SSSR count). The fraction of sp³-hybridized carbons (Fsp3) is 0.200. The minimum atomic E-state index is 0. The van der Waals surface area contributed by atoms with Gasteiger partial charge < -0.3 is 11.1 Å². The van der Waals surface area contributed by atoms with Crippen molar-refractivity contribution in [1.82, 2.24) is 9.97 Å². The number of hydrogen-bond acceptors (Lipinski definition) is 4. The van der Waals surface area contributed by atoms with Crippen LogP contribution in [0.3, 0.4) is 0 Å². The molecule has 1 aromatic heterocycles. The molecular weight excluding hydrogens is 152 g/mol. The Bertz CT molecular complexity index is 203. The van der Waals surface area contributed by atoms with Crippen LogP contribution in [0.25, 0.3) is 0 Å². The number of nitrogen functional groups attached to an aromatic ring is 1. The molecule has 0 atom stereocenters. The maximum Gasteiger partial charge on any atom is 0.131 e. The molecule has 0 aliphatic rings. The van der Waals surface area contributed by atoms with Gasteiger partial charge in [0.2, 0.25) is 0 Å². The first-order chi connectivity index (χ1) is 4.33. The Morgan fingerprint density at radius 3 is 2.60 bits per heavy atom. The SMILES string of the molecule is CNc1cc(N)ncn1.Cl. The Balaban J connectivity index is 0.000000810. The van der Waals surface area contributed by atoms with Crippen molar-refractivity contribution >= 4 is 24.0 Å². The van der Waals surface area contributed by atoms with Crippen LogP contribution in [0.15, 0.2) is 12.4 Å². The number of aromatic nitrogens is 2. The van der Waals surface area contributed by atoms with Gasteiger partial charge in [0.05, 0.1) is 0 Å². The van der Waals surface area contributed by atoms with E-state index in [0.29, 0.717) is 5.82 Å². The van der Waals surface area contributed by atoms with Crippen molar-refractivity contribution < 1.29 is 0 Å². The van der Waals surface area contributed by atoms with Crippen molar-refractivity contribution in [2.75, 3.05) is 18.1 Å². The summed E-state index contributed by atoms with van der Waals surface area (Å²) in [6, 6.07) is 1.67. The van der Waals surface area contributed by atoms with Gasteiger partial charge in [-0.05, 0) is 0 Å². The molecule has 56 valence electrons. The van der Waals surface area contributed by atoms with E-state index in [4.69, 9.17) is 5.73 Å². The van der Waals surface area contributed by atoms with Crippen LogP contribution in [0.1, 0.15) is 0 Å². The lowest BCUT2D eigenvalue weighted by Crippen LogP contribution is -1.95. The molecule has 0 aliphatic heterocycles. The van der Waals surface area contributed by atoms with Gasteiger partial charge in [0.15, 0.2) is 0 Å². The Kier molecular flexibility index (Phi) is 3.49. The van der Waals surface area contributed by atoms with Gasteiger partial charge in [-0.15, -0.1) is 12.4 Å². The highest BCUT2D eigenvalue weighted by atomic mass is 35.5. The maximum atomic E-state index is 5.34. The smallest absolute Gasteiger partial charge is 0.131 e. The standard InChI is InChI=1S/C5H8N4.ClH/c1-7-5-2-4(6)8-3-9-5;/h2-3H,1H3,(H3,6,7,8,9);1H. The summed E-state index contributed by atoms with van der Waals surface area (Å²) >= 11 is 0. The molecule has 0 aromatic carbocycles. The summed E-state index contributed by atoms with van der Waals surface area (Å²) < 4.78 is 0. The third-order valence-corrected chi connectivity index (χ3v) is 0.944. The Morgan fingerprint density at radius 1 is 1.50 bits per heavy atom. The Labute approximate surface area is 65.3 Å². The first-order valence-corrected chi connectivity index (χ1v) is 2.58. The summed E-state index contributed by atoms with van der Waals surface area (Å²) in [7, 11) is 1.78. The van der Waals surface area contributed by atoms with E-state index in [0.717, 1.165) is 5.82 Å². The van der Waals surface area contributed by atoms with Gasteiger partial charge in [-0.2, -0.15) is 0 Å². The Hall–Kier alpha value is -1.03. The molecule has 1 aromatic rings. The second-order valence-electron chi connectivity index (χ2n) is 1.58. The molecule has 0 saturated carbocycles. The number of nitrogens with zero attached hydrogens (tertiary/aromatic N) is 2. The number of nitrogens with one attached hydrogen (secondary N) is 1. The van der Waals surface area contributed by atoms with Crippen molar-refractivity contribution in [2.45, 2.75) is 0 Å². The topological polar surface area (TPSA) is 63.8 Å². The number of nitrogens with two attached hydrogens (primary N) is 1. The van der Waals surface area contributed by atoms with Crippen LogP contribution in [0, 0.1) is 0 Å². The fourth-order valence-electron chi connectivity index (χ4n) is 0.509. The van der Waals surface area contributed by atoms with E-state index >= 15 is 0 Å². The van der Waals surface area contributed by atoms with Gasteiger partial charge in [0.1, 0.15) is 18.0 Å². The van der Waals surface area contributed by atoms with E-state index in [1.54, 1.807) is 13.1 Å². The van der Waals surface area contributed by atoms with Gasteiger partial charge in [0, 0.05) is 13.1 Å². The summed E-state index contributed by atoms with van der Waals surface area (Å²) in [5, 5.41) is 2.84. The molecule has 0 fully saturated rings. The molecule has 3 N–H and O–H groups in total. The first-order valence-electron chi connectivity index (χ1n) is 2.58.